The van der Waals surface area contributed by atoms with Crippen LogP contribution >= 0.6 is 0 Å². The van der Waals surface area contributed by atoms with Gasteiger partial charge in [0, 0.05) is 35.9 Å². The van der Waals surface area contributed by atoms with Crippen LogP contribution in [-0.4, -0.2) is 46.4 Å². The van der Waals surface area contributed by atoms with Crippen molar-refractivity contribution in [1.82, 2.24) is 10.2 Å². The van der Waals surface area contributed by atoms with E-state index in [1.165, 1.54) is 37.6 Å². The third-order valence-corrected chi connectivity index (χ3v) is 4.14. The number of carbonyl (C=O) groups is 1. The van der Waals surface area contributed by atoms with Gasteiger partial charge in [-0.15, -0.1) is 0 Å². The highest BCUT2D eigenvalue weighted by Crippen LogP contribution is 2.32. The number of hydrogen-bond donors (Lipinski definition) is 1. The van der Waals surface area contributed by atoms with E-state index < -0.39 is 35.1 Å². The number of hydrogen-bond acceptors (Lipinski definition) is 2. The van der Waals surface area contributed by atoms with E-state index in [0.717, 1.165) is 4.90 Å². The maximum Gasteiger partial charge on any atom is 0.412 e. The Labute approximate surface area is 130 Å². The van der Waals surface area contributed by atoms with Crippen LogP contribution in [-0.2, 0) is 10.8 Å². The first kappa shape index (κ1) is 18.5. The van der Waals surface area contributed by atoms with E-state index in [-0.39, 0.29) is 11.3 Å². The number of nitrogens with zero attached hydrogens (tertiary/aromatic N) is 1. The number of rotatable bonds is 5. The van der Waals surface area contributed by atoms with Crippen molar-refractivity contribution in [2.75, 3.05) is 19.1 Å². The zero-order valence-electron chi connectivity index (χ0n) is 12.6. The van der Waals surface area contributed by atoms with Crippen LogP contribution in [0.25, 0.3) is 0 Å². The van der Waals surface area contributed by atoms with Crippen molar-refractivity contribution < 1.29 is 22.2 Å². The Hall–Kier alpha value is -1.57. The van der Waals surface area contributed by atoms with Crippen molar-refractivity contribution >= 4 is 16.8 Å². The monoisotopic (exact) mass is 336 g/mol. The SMILES string of the molecule is C[C@H](C[S@](C)=O)N(C)C(=O)N[C@@H](c1ccccc1)C(F)(F)F. The molecule has 2 amide bonds. The Bertz CT molecular complexity index is 523. The highest BCUT2D eigenvalue weighted by atomic mass is 32.2. The molecule has 0 unspecified atom stereocenters. The van der Waals surface area contributed by atoms with Gasteiger partial charge in [-0.25, -0.2) is 4.79 Å². The predicted octanol–water partition coefficient (Wildman–Crippen LogP) is 2.70. The topological polar surface area (TPSA) is 49.4 Å². The third-order valence-electron chi connectivity index (χ3n) is 3.19. The molecule has 8 heteroatoms. The standard InChI is InChI=1S/C14H19F3N2O2S/c1-10(9-22(3)21)19(2)13(20)18-12(14(15,16)17)11-7-5-4-6-8-11/h4-8,10,12H,9H2,1-3H3,(H,18,20)/t10-,12+,22+/m1/s1. The Morgan fingerprint density at radius 1 is 1.32 bits per heavy atom. The van der Waals surface area contributed by atoms with Crippen molar-refractivity contribution in [3.05, 3.63) is 35.9 Å². The molecule has 1 aromatic rings. The van der Waals surface area contributed by atoms with Crippen LogP contribution in [0.3, 0.4) is 0 Å². The summed E-state index contributed by atoms with van der Waals surface area (Å²) < 4.78 is 50.6. The normalized spacial score (nSPS) is 15.7. The number of carbonyl (C=O) groups excluding carboxylic acids is 1. The molecule has 0 radical (unpaired) electrons. The average Bonchev–Trinajstić information content (AvgIpc) is 2.42. The Morgan fingerprint density at radius 2 is 1.86 bits per heavy atom. The summed E-state index contributed by atoms with van der Waals surface area (Å²) in [4.78, 5) is 13.1. The molecule has 0 saturated carbocycles. The molecule has 124 valence electrons. The van der Waals surface area contributed by atoms with Gasteiger partial charge in [-0.1, -0.05) is 30.3 Å². The molecule has 0 aliphatic heterocycles. The second-order valence-corrected chi connectivity index (χ2v) is 6.51. The lowest BCUT2D eigenvalue weighted by molar-refractivity contribution is -0.155. The third kappa shape index (κ3) is 5.32. The summed E-state index contributed by atoms with van der Waals surface area (Å²) >= 11 is 0. The Kier molecular flexibility index (Phi) is 6.40. The smallest absolute Gasteiger partial charge is 0.324 e. The maximum atomic E-state index is 13.2. The van der Waals surface area contributed by atoms with Crippen molar-refractivity contribution in [3.8, 4) is 0 Å². The molecular weight excluding hydrogens is 317 g/mol. The minimum Gasteiger partial charge on any atom is -0.324 e. The van der Waals surface area contributed by atoms with Crippen LogP contribution in [0.2, 0.25) is 0 Å². The van der Waals surface area contributed by atoms with Crippen molar-refractivity contribution in [1.29, 1.82) is 0 Å². The molecular formula is C14H19F3N2O2S. The van der Waals surface area contributed by atoms with Gasteiger partial charge < -0.3 is 10.2 Å². The minimum absolute atomic E-state index is 0.0385. The lowest BCUT2D eigenvalue weighted by atomic mass is 10.1. The van der Waals surface area contributed by atoms with Crippen molar-refractivity contribution in [2.45, 2.75) is 25.2 Å². The van der Waals surface area contributed by atoms with Crippen LogP contribution in [0.15, 0.2) is 30.3 Å². The number of halogens is 3. The van der Waals surface area contributed by atoms with Crippen LogP contribution in [0.4, 0.5) is 18.0 Å². The Balaban J connectivity index is 2.87. The van der Waals surface area contributed by atoms with Crippen LogP contribution in [0.5, 0.6) is 0 Å². The first-order valence-electron chi connectivity index (χ1n) is 6.58. The maximum absolute atomic E-state index is 13.2. The van der Waals surface area contributed by atoms with E-state index in [1.54, 1.807) is 13.0 Å². The van der Waals surface area contributed by atoms with Gasteiger partial charge >= 0.3 is 12.2 Å². The molecule has 1 N–H and O–H groups in total. The van der Waals surface area contributed by atoms with E-state index >= 15 is 0 Å². The van der Waals surface area contributed by atoms with Crippen LogP contribution in [0, 0.1) is 0 Å². The summed E-state index contributed by atoms with van der Waals surface area (Å²) in [6.45, 7) is 1.63. The predicted molar refractivity (Wildman–Crippen MR) is 79.9 cm³/mol. The number of alkyl halides is 3. The van der Waals surface area contributed by atoms with Gasteiger partial charge in [-0.2, -0.15) is 13.2 Å². The lowest BCUT2D eigenvalue weighted by Gasteiger charge is -2.28. The molecule has 0 saturated heterocycles. The molecule has 0 heterocycles. The van der Waals surface area contributed by atoms with E-state index in [0.29, 0.717) is 0 Å². The number of benzene rings is 1. The van der Waals surface area contributed by atoms with Gasteiger partial charge in [0.15, 0.2) is 6.04 Å². The van der Waals surface area contributed by atoms with Gasteiger partial charge in [0.1, 0.15) is 0 Å². The van der Waals surface area contributed by atoms with E-state index in [9.17, 15) is 22.2 Å². The molecule has 1 rings (SSSR count). The molecule has 0 bridgehead atoms. The van der Waals surface area contributed by atoms with E-state index in [1.807, 2.05) is 5.32 Å². The van der Waals surface area contributed by atoms with Gasteiger partial charge in [-0.3, -0.25) is 4.21 Å². The lowest BCUT2D eigenvalue weighted by Crippen LogP contribution is -2.48. The second-order valence-electron chi connectivity index (χ2n) is 5.03. The average molecular weight is 336 g/mol. The fourth-order valence-corrected chi connectivity index (χ4v) is 2.78. The molecule has 1 aromatic carbocycles. The molecule has 0 aliphatic rings. The summed E-state index contributed by atoms with van der Waals surface area (Å²) in [5.41, 5.74) is -0.0385. The van der Waals surface area contributed by atoms with Gasteiger partial charge in [0.25, 0.3) is 0 Å². The first-order valence-corrected chi connectivity index (χ1v) is 8.30. The summed E-state index contributed by atoms with van der Waals surface area (Å²) in [5.74, 6) is 0.200. The zero-order chi connectivity index (χ0) is 16.9. The van der Waals surface area contributed by atoms with Crippen LogP contribution < -0.4 is 5.32 Å². The Morgan fingerprint density at radius 3 is 2.32 bits per heavy atom. The molecule has 3 atom stereocenters. The summed E-state index contributed by atoms with van der Waals surface area (Å²) in [6.07, 6.45) is -3.13. The highest BCUT2D eigenvalue weighted by Gasteiger charge is 2.42. The van der Waals surface area contributed by atoms with Gasteiger partial charge in [0.05, 0.1) is 0 Å². The van der Waals surface area contributed by atoms with Crippen molar-refractivity contribution in [2.24, 2.45) is 0 Å². The summed E-state index contributed by atoms with van der Waals surface area (Å²) in [5, 5.41) is 1.99. The van der Waals surface area contributed by atoms with Crippen LogP contribution in [0.1, 0.15) is 18.5 Å². The summed E-state index contributed by atoms with van der Waals surface area (Å²) in [7, 11) is 0.238. The molecule has 0 aromatic heterocycles. The minimum atomic E-state index is -4.60. The first-order chi connectivity index (χ1) is 10.1. The molecule has 0 fully saturated rings. The van der Waals surface area contributed by atoms with Gasteiger partial charge in [-0.05, 0) is 12.5 Å². The highest BCUT2D eigenvalue weighted by molar-refractivity contribution is 7.84. The quantitative estimate of drug-likeness (QED) is 0.899. The fraction of sp³-hybridized carbons (Fsp3) is 0.500. The second kappa shape index (κ2) is 7.62. The van der Waals surface area contributed by atoms with Crippen molar-refractivity contribution in [3.63, 3.8) is 0 Å². The molecule has 0 spiro atoms. The van der Waals surface area contributed by atoms with Gasteiger partial charge in [0.2, 0.25) is 0 Å². The number of urea groups is 1. The van der Waals surface area contributed by atoms with E-state index in [2.05, 4.69) is 0 Å². The molecule has 22 heavy (non-hydrogen) atoms. The number of nitrogens with one attached hydrogen (secondary N) is 1. The molecule has 0 aliphatic carbocycles. The largest absolute Gasteiger partial charge is 0.412 e. The fourth-order valence-electron chi connectivity index (χ4n) is 1.88. The summed E-state index contributed by atoms with van der Waals surface area (Å²) in [6, 6.07) is 3.80. The number of amides is 2. The van der Waals surface area contributed by atoms with E-state index in [4.69, 9.17) is 0 Å². The zero-order valence-corrected chi connectivity index (χ0v) is 13.4. The molecule has 4 nitrogen and oxygen atoms in total.